The maximum absolute atomic E-state index is 12.8. The number of hydroxylamine groups is 2. The number of hydrogen-bond acceptors (Lipinski definition) is 6. The first-order valence-corrected chi connectivity index (χ1v) is 8.01. The highest BCUT2D eigenvalue weighted by Gasteiger charge is 2.33. The van der Waals surface area contributed by atoms with Gasteiger partial charge in [-0.3, -0.25) is 14.4 Å². The molecule has 0 unspecified atom stereocenters. The second kappa shape index (κ2) is 7.37. The van der Waals surface area contributed by atoms with Crippen LogP contribution in [0.1, 0.15) is 21.5 Å². The molecule has 0 N–H and O–H groups in total. The van der Waals surface area contributed by atoms with Crippen LogP contribution in [-0.4, -0.2) is 43.8 Å². The molecule has 1 heterocycles. The summed E-state index contributed by atoms with van der Waals surface area (Å²) in [5.74, 6) is -1.23. The highest BCUT2D eigenvalue weighted by molar-refractivity contribution is 6.47. The molecule has 0 aromatic heterocycles. The Morgan fingerprint density at radius 1 is 1.15 bits per heavy atom. The van der Waals surface area contributed by atoms with Crippen LogP contribution in [0.3, 0.4) is 0 Å². The number of fused-ring (bicyclic) bond motifs is 1. The number of carbonyl (C=O) groups is 2. The van der Waals surface area contributed by atoms with Gasteiger partial charge in [-0.15, -0.1) is 5.06 Å². The van der Waals surface area contributed by atoms with E-state index < -0.39 is 11.8 Å². The molecule has 0 saturated carbocycles. The average Bonchev–Trinajstić information content (AvgIpc) is 2.79. The number of benzene rings is 2. The van der Waals surface area contributed by atoms with Crippen molar-refractivity contribution < 1.29 is 19.3 Å². The molecule has 1 aliphatic heterocycles. The Labute approximate surface area is 151 Å². The van der Waals surface area contributed by atoms with E-state index in [0.29, 0.717) is 11.1 Å². The summed E-state index contributed by atoms with van der Waals surface area (Å²) in [7, 11) is 5.16. The Hall–Kier alpha value is -3.19. The standard InChI is InChI=1S/C19H19N3O4/c1-21(2)15-10-8-13(9-11-15)18(23)22-19(24)17(20-25-3)16-7-5-4-6-14(16)12-26-22/h4-11H,12H2,1-3H3/b20-17+. The van der Waals surface area contributed by atoms with Gasteiger partial charge in [-0.25, -0.2) is 0 Å². The summed E-state index contributed by atoms with van der Waals surface area (Å²) >= 11 is 0. The third kappa shape index (κ3) is 3.29. The van der Waals surface area contributed by atoms with Crippen LogP contribution in [-0.2, 0) is 21.1 Å². The summed E-state index contributed by atoms with van der Waals surface area (Å²) in [5, 5.41) is 4.55. The molecule has 3 rings (SSSR count). The molecule has 1 aliphatic rings. The fourth-order valence-electron chi connectivity index (χ4n) is 2.63. The van der Waals surface area contributed by atoms with Gasteiger partial charge in [0.1, 0.15) is 13.7 Å². The molecule has 7 nitrogen and oxygen atoms in total. The number of nitrogens with zero attached hydrogens (tertiary/aromatic N) is 3. The van der Waals surface area contributed by atoms with Crippen LogP contribution < -0.4 is 4.90 Å². The SMILES string of the molecule is CO/N=C1/C(=O)N(C(=O)c2ccc(N(C)C)cc2)OCc2ccccc21. The molecule has 26 heavy (non-hydrogen) atoms. The Morgan fingerprint density at radius 3 is 2.50 bits per heavy atom. The predicted molar refractivity (Wildman–Crippen MR) is 96.7 cm³/mol. The summed E-state index contributed by atoms with van der Waals surface area (Å²) in [4.78, 5) is 37.9. The largest absolute Gasteiger partial charge is 0.398 e. The van der Waals surface area contributed by atoms with Crippen LogP contribution in [0.4, 0.5) is 5.69 Å². The molecule has 0 aliphatic carbocycles. The quantitative estimate of drug-likeness (QED) is 0.625. The monoisotopic (exact) mass is 353 g/mol. The molecule has 0 radical (unpaired) electrons. The van der Waals surface area contributed by atoms with Crippen molar-refractivity contribution in [3.8, 4) is 0 Å². The second-order valence-corrected chi connectivity index (χ2v) is 5.90. The Balaban J connectivity index is 1.94. The van der Waals surface area contributed by atoms with Gasteiger partial charge in [0.05, 0.1) is 0 Å². The van der Waals surface area contributed by atoms with E-state index in [1.807, 2.05) is 31.1 Å². The van der Waals surface area contributed by atoms with Gasteiger partial charge in [0.2, 0.25) is 0 Å². The highest BCUT2D eigenvalue weighted by atomic mass is 16.7. The van der Waals surface area contributed by atoms with Gasteiger partial charge in [-0.05, 0) is 29.8 Å². The van der Waals surface area contributed by atoms with Crippen molar-refractivity contribution in [3.63, 3.8) is 0 Å². The lowest BCUT2D eigenvalue weighted by atomic mass is 10.0. The van der Waals surface area contributed by atoms with Crippen molar-refractivity contribution >= 4 is 23.2 Å². The Bertz CT molecular complexity index is 859. The fraction of sp³-hybridized carbons (Fsp3) is 0.211. The average molecular weight is 353 g/mol. The molecular weight excluding hydrogens is 334 g/mol. The second-order valence-electron chi connectivity index (χ2n) is 5.90. The number of imide groups is 1. The number of hydrogen-bond donors (Lipinski definition) is 0. The summed E-state index contributed by atoms with van der Waals surface area (Å²) in [5.41, 5.74) is 2.64. The van der Waals surface area contributed by atoms with Gasteiger partial charge >= 0.3 is 5.91 Å². The van der Waals surface area contributed by atoms with Crippen LogP contribution in [0.15, 0.2) is 53.7 Å². The van der Waals surface area contributed by atoms with Gasteiger partial charge in [-0.1, -0.05) is 29.4 Å². The number of amides is 2. The fourth-order valence-corrected chi connectivity index (χ4v) is 2.63. The van der Waals surface area contributed by atoms with Crippen LogP contribution in [0, 0.1) is 0 Å². The van der Waals surface area contributed by atoms with Crippen LogP contribution in [0.2, 0.25) is 0 Å². The molecule has 2 aromatic rings. The van der Waals surface area contributed by atoms with E-state index in [1.54, 1.807) is 36.4 Å². The molecule has 2 amide bonds. The minimum absolute atomic E-state index is 0.0267. The van der Waals surface area contributed by atoms with Crippen molar-refractivity contribution in [1.82, 2.24) is 5.06 Å². The van der Waals surface area contributed by atoms with E-state index in [9.17, 15) is 9.59 Å². The normalized spacial score (nSPS) is 15.4. The minimum atomic E-state index is -0.668. The Kier molecular flexibility index (Phi) is 4.99. The molecule has 0 spiro atoms. The maximum Gasteiger partial charge on any atom is 0.307 e. The zero-order chi connectivity index (χ0) is 18.7. The van der Waals surface area contributed by atoms with E-state index in [2.05, 4.69) is 5.16 Å². The molecule has 7 heteroatoms. The van der Waals surface area contributed by atoms with Gasteiger partial charge in [-0.2, -0.15) is 0 Å². The summed E-state index contributed by atoms with van der Waals surface area (Å²) in [6.45, 7) is 0.0756. The van der Waals surface area contributed by atoms with Gasteiger partial charge in [0.15, 0.2) is 5.71 Å². The lowest BCUT2D eigenvalue weighted by Crippen LogP contribution is -2.40. The van der Waals surface area contributed by atoms with Crippen molar-refractivity contribution in [2.45, 2.75) is 6.61 Å². The van der Waals surface area contributed by atoms with Crippen LogP contribution in [0.25, 0.3) is 0 Å². The molecule has 2 aromatic carbocycles. The predicted octanol–water partition coefficient (Wildman–Crippen LogP) is 2.22. The van der Waals surface area contributed by atoms with Crippen molar-refractivity contribution in [3.05, 3.63) is 65.2 Å². The van der Waals surface area contributed by atoms with Crippen LogP contribution in [0.5, 0.6) is 0 Å². The molecule has 0 bridgehead atoms. The van der Waals surface area contributed by atoms with Crippen LogP contribution >= 0.6 is 0 Å². The van der Waals surface area contributed by atoms with Gasteiger partial charge in [0, 0.05) is 30.9 Å². The smallest absolute Gasteiger partial charge is 0.307 e. The molecule has 0 saturated heterocycles. The third-order valence-corrected chi connectivity index (χ3v) is 4.01. The zero-order valence-electron chi connectivity index (χ0n) is 14.8. The molecule has 0 atom stereocenters. The van der Waals surface area contributed by atoms with Gasteiger partial charge < -0.3 is 9.74 Å². The van der Waals surface area contributed by atoms with E-state index in [0.717, 1.165) is 16.3 Å². The number of carbonyl (C=O) groups excluding carboxylic acids is 2. The highest BCUT2D eigenvalue weighted by Crippen LogP contribution is 2.21. The van der Waals surface area contributed by atoms with Crippen molar-refractivity contribution in [2.24, 2.45) is 5.16 Å². The van der Waals surface area contributed by atoms with Gasteiger partial charge in [0.25, 0.3) is 5.91 Å². The summed E-state index contributed by atoms with van der Waals surface area (Å²) < 4.78 is 0. The summed E-state index contributed by atoms with van der Waals surface area (Å²) in [6, 6.07) is 14.1. The summed E-state index contributed by atoms with van der Waals surface area (Å²) in [6.07, 6.45) is 0. The molecule has 134 valence electrons. The lowest BCUT2D eigenvalue weighted by molar-refractivity contribution is -0.165. The van der Waals surface area contributed by atoms with E-state index in [4.69, 9.17) is 9.68 Å². The minimum Gasteiger partial charge on any atom is -0.398 e. The first-order chi connectivity index (χ1) is 12.5. The topological polar surface area (TPSA) is 71.4 Å². The number of anilines is 1. The zero-order valence-corrected chi connectivity index (χ0v) is 14.8. The number of rotatable bonds is 3. The number of oxime groups is 1. The van der Waals surface area contributed by atoms with E-state index >= 15 is 0 Å². The Morgan fingerprint density at radius 2 is 1.85 bits per heavy atom. The molecular formula is C19H19N3O4. The third-order valence-electron chi connectivity index (χ3n) is 4.01. The first-order valence-electron chi connectivity index (χ1n) is 8.01. The lowest BCUT2D eigenvalue weighted by Gasteiger charge is -2.18. The van der Waals surface area contributed by atoms with Crippen molar-refractivity contribution in [1.29, 1.82) is 0 Å². The van der Waals surface area contributed by atoms with E-state index in [-0.39, 0.29) is 12.3 Å². The van der Waals surface area contributed by atoms with E-state index in [1.165, 1.54) is 7.11 Å². The first kappa shape index (κ1) is 17.6. The maximum atomic E-state index is 12.8. The van der Waals surface area contributed by atoms with Crippen molar-refractivity contribution in [2.75, 3.05) is 26.1 Å². The molecule has 0 fully saturated rings.